The lowest BCUT2D eigenvalue weighted by molar-refractivity contribution is 0.381. The van der Waals surface area contributed by atoms with Crippen LogP contribution in [0.2, 0.25) is 0 Å². The molecule has 0 bridgehead atoms. The number of pyridine rings is 1. The lowest BCUT2D eigenvalue weighted by Gasteiger charge is -2.20. The van der Waals surface area contributed by atoms with E-state index in [-0.39, 0.29) is 17.6 Å². The van der Waals surface area contributed by atoms with Crippen LogP contribution in [0.3, 0.4) is 0 Å². The van der Waals surface area contributed by atoms with E-state index in [1.807, 2.05) is 26.0 Å². The van der Waals surface area contributed by atoms with Gasteiger partial charge in [-0.25, -0.2) is 4.39 Å². The number of aromatic nitrogens is 1. The van der Waals surface area contributed by atoms with E-state index >= 15 is 0 Å². The molecule has 1 heterocycles. The Hall–Kier alpha value is -1.94. The minimum atomic E-state index is -0.324. The number of methoxy groups -OCH3 is 1. The third-order valence-electron chi connectivity index (χ3n) is 3.19. The van der Waals surface area contributed by atoms with Crippen LogP contribution in [0.4, 0.5) is 4.39 Å². The smallest absolute Gasteiger partial charge is 0.170 e. The minimum Gasteiger partial charge on any atom is -0.494 e. The summed E-state index contributed by atoms with van der Waals surface area (Å²) in [6, 6.07) is 8.86. The largest absolute Gasteiger partial charge is 0.494 e. The molecule has 0 aliphatic heterocycles. The van der Waals surface area contributed by atoms with Crippen LogP contribution in [-0.4, -0.2) is 18.6 Å². The summed E-state index contributed by atoms with van der Waals surface area (Å²) in [6.07, 6.45) is 1.74. The first-order valence-electron chi connectivity index (χ1n) is 6.65. The fourth-order valence-electron chi connectivity index (χ4n) is 2.27. The molecule has 0 saturated carbocycles. The molecule has 4 heteroatoms. The second-order valence-electron chi connectivity index (χ2n) is 4.58. The van der Waals surface area contributed by atoms with Crippen LogP contribution in [-0.2, 0) is 0 Å². The van der Waals surface area contributed by atoms with Gasteiger partial charge in [0.25, 0.3) is 0 Å². The van der Waals surface area contributed by atoms with Crippen LogP contribution in [0.5, 0.6) is 5.75 Å². The fraction of sp³-hybridized carbons (Fsp3) is 0.312. The number of nitrogens with zero attached hydrogens (tertiary/aromatic N) is 1. The van der Waals surface area contributed by atoms with Crippen molar-refractivity contribution in [2.24, 2.45) is 0 Å². The maximum atomic E-state index is 14.5. The van der Waals surface area contributed by atoms with Crippen molar-refractivity contribution in [3.63, 3.8) is 0 Å². The van der Waals surface area contributed by atoms with Crippen LogP contribution in [0.25, 0.3) is 0 Å². The van der Waals surface area contributed by atoms with Gasteiger partial charge in [0.15, 0.2) is 11.6 Å². The predicted molar refractivity (Wildman–Crippen MR) is 77.4 cm³/mol. The average Bonchev–Trinajstić information content (AvgIpc) is 2.45. The van der Waals surface area contributed by atoms with Crippen molar-refractivity contribution in [2.75, 3.05) is 13.7 Å². The van der Waals surface area contributed by atoms with Gasteiger partial charge in [0, 0.05) is 17.5 Å². The third kappa shape index (κ3) is 2.96. The van der Waals surface area contributed by atoms with Crippen molar-refractivity contribution in [3.8, 4) is 5.75 Å². The van der Waals surface area contributed by atoms with Crippen LogP contribution in [0.15, 0.2) is 36.5 Å². The molecule has 2 aromatic rings. The molecule has 1 unspecified atom stereocenters. The highest BCUT2D eigenvalue weighted by molar-refractivity contribution is 5.38. The van der Waals surface area contributed by atoms with Gasteiger partial charge in [-0.1, -0.05) is 19.1 Å². The summed E-state index contributed by atoms with van der Waals surface area (Å²) < 4.78 is 19.5. The van der Waals surface area contributed by atoms with Crippen LogP contribution in [0.1, 0.15) is 29.8 Å². The van der Waals surface area contributed by atoms with E-state index in [9.17, 15) is 4.39 Å². The molecule has 0 saturated heterocycles. The Labute approximate surface area is 118 Å². The minimum absolute atomic E-state index is 0.211. The summed E-state index contributed by atoms with van der Waals surface area (Å²) in [5, 5.41) is 3.31. The lowest BCUT2D eigenvalue weighted by Crippen LogP contribution is -2.23. The number of hydrogen-bond donors (Lipinski definition) is 1. The first-order valence-corrected chi connectivity index (χ1v) is 6.65. The maximum Gasteiger partial charge on any atom is 0.170 e. The zero-order chi connectivity index (χ0) is 14.5. The zero-order valence-electron chi connectivity index (χ0n) is 12.0. The first kappa shape index (κ1) is 14.5. The number of benzene rings is 1. The molecular weight excluding hydrogens is 255 g/mol. The normalized spacial score (nSPS) is 12.2. The molecule has 0 aliphatic rings. The highest BCUT2D eigenvalue weighted by Crippen LogP contribution is 2.29. The molecule has 1 aromatic carbocycles. The second-order valence-corrected chi connectivity index (χ2v) is 4.58. The molecular formula is C16H19FN2O. The quantitative estimate of drug-likeness (QED) is 0.909. The van der Waals surface area contributed by atoms with Gasteiger partial charge in [-0.15, -0.1) is 0 Å². The predicted octanol–water partition coefficient (Wildman–Crippen LogP) is 3.24. The van der Waals surface area contributed by atoms with E-state index in [4.69, 9.17) is 4.74 Å². The third-order valence-corrected chi connectivity index (χ3v) is 3.19. The number of rotatable bonds is 5. The van der Waals surface area contributed by atoms with Gasteiger partial charge in [0.05, 0.1) is 13.2 Å². The molecule has 2 rings (SSSR count). The average molecular weight is 274 g/mol. The molecule has 1 atom stereocenters. The Morgan fingerprint density at radius 3 is 2.80 bits per heavy atom. The van der Waals surface area contributed by atoms with Crippen molar-refractivity contribution >= 4 is 0 Å². The van der Waals surface area contributed by atoms with Crippen molar-refractivity contribution in [2.45, 2.75) is 19.9 Å². The van der Waals surface area contributed by atoms with Gasteiger partial charge >= 0.3 is 0 Å². The van der Waals surface area contributed by atoms with Gasteiger partial charge in [-0.05, 0) is 37.2 Å². The van der Waals surface area contributed by atoms with Crippen molar-refractivity contribution in [1.29, 1.82) is 0 Å². The van der Waals surface area contributed by atoms with Gasteiger partial charge in [-0.2, -0.15) is 0 Å². The Morgan fingerprint density at radius 2 is 2.15 bits per heavy atom. The van der Waals surface area contributed by atoms with Crippen molar-refractivity contribution in [3.05, 3.63) is 59.2 Å². The van der Waals surface area contributed by atoms with E-state index < -0.39 is 0 Å². The second kappa shape index (κ2) is 6.48. The molecule has 106 valence electrons. The summed E-state index contributed by atoms with van der Waals surface area (Å²) in [7, 11) is 1.47. The molecule has 0 spiro atoms. The number of aryl methyl sites for hydroxylation is 1. The molecule has 0 aliphatic carbocycles. The monoisotopic (exact) mass is 274 g/mol. The van der Waals surface area contributed by atoms with Gasteiger partial charge in [0.2, 0.25) is 0 Å². The van der Waals surface area contributed by atoms with E-state index in [1.165, 1.54) is 7.11 Å². The summed E-state index contributed by atoms with van der Waals surface area (Å²) in [4.78, 5) is 4.19. The van der Waals surface area contributed by atoms with Crippen LogP contribution in [0, 0.1) is 12.7 Å². The van der Waals surface area contributed by atoms with Gasteiger partial charge in [0.1, 0.15) is 0 Å². The van der Waals surface area contributed by atoms with Gasteiger partial charge < -0.3 is 10.1 Å². The molecule has 20 heavy (non-hydrogen) atoms. The van der Waals surface area contributed by atoms with E-state index in [0.717, 1.165) is 17.8 Å². The summed E-state index contributed by atoms with van der Waals surface area (Å²) in [5.74, 6) is -0.0633. The Morgan fingerprint density at radius 1 is 1.35 bits per heavy atom. The maximum absolute atomic E-state index is 14.5. The lowest BCUT2D eigenvalue weighted by atomic mass is 9.98. The van der Waals surface area contributed by atoms with Crippen LogP contribution < -0.4 is 10.1 Å². The number of ether oxygens (including phenoxy) is 1. The summed E-state index contributed by atoms with van der Waals surface area (Å²) in [6.45, 7) is 4.66. The Kier molecular flexibility index (Phi) is 4.69. The fourth-order valence-corrected chi connectivity index (χ4v) is 2.27. The van der Waals surface area contributed by atoms with Crippen LogP contribution >= 0.6 is 0 Å². The van der Waals surface area contributed by atoms with E-state index in [0.29, 0.717) is 5.56 Å². The molecule has 1 N–H and O–H groups in total. The topological polar surface area (TPSA) is 34.2 Å². The number of hydrogen-bond acceptors (Lipinski definition) is 3. The van der Waals surface area contributed by atoms with Gasteiger partial charge in [-0.3, -0.25) is 4.98 Å². The summed E-state index contributed by atoms with van der Waals surface area (Å²) in [5.41, 5.74) is 2.48. The zero-order valence-corrected chi connectivity index (χ0v) is 12.0. The van der Waals surface area contributed by atoms with E-state index in [1.54, 1.807) is 24.4 Å². The molecule has 0 amide bonds. The highest BCUT2D eigenvalue weighted by Gasteiger charge is 2.19. The SMILES string of the molecule is CCNC(c1ccnc(C)c1)c1cccc(OC)c1F. The Balaban J connectivity index is 2.48. The molecule has 0 radical (unpaired) electrons. The molecule has 1 aromatic heterocycles. The first-order chi connectivity index (χ1) is 9.67. The van der Waals surface area contributed by atoms with E-state index in [2.05, 4.69) is 10.3 Å². The Bertz CT molecular complexity index is 586. The number of halogens is 1. The molecule has 0 fully saturated rings. The number of nitrogens with one attached hydrogen (secondary N) is 1. The van der Waals surface area contributed by atoms with Crippen molar-refractivity contribution in [1.82, 2.24) is 10.3 Å². The molecule has 3 nitrogen and oxygen atoms in total. The highest BCUT2D eigenvalue weighted by atomic mass is 19.1. The summed E-state index contributed by atoms with van der Waals surface area (Å²) >= 11 is 0. The van der Waals surface area contributed by atoms with Crippen molar-refractivity contribution < 1.29 is 9.13 Å². The standard InChI is InChI=1S/C16H19FN2O/c1-4-18-16(12-8-9-19-11(2)10-12)13-6-5-7-14(20-3)15(13)17/h5-10,16,18H,4H2,1-3H3.